The van der Waals surface area contributed by atoms with Crippen molar-refractivity contribution < 1.29 is 14.6 Å². The van der Waals surface area contributed by atoms with E-state index in [2.05, 4.69) is 5.32 Å². The van der Waals surface area contributed by atoms with Gasteiger partial charge in [0.15, 0.2) is 0 Å². The van der Waals surface area contributed by atoms with Gasteiger partial charge in [0.05, 0.1) is 13.7 Å². The summed E-state index contributed by atoms with van der Waals surface area (Å²) in [5.41, 5.74) is 2.03. The molecule has 0 fully saturated rings. The monoisotopic (exact) mass is 257 g/mol. The molecule has 2 rings (SSSR count). The van der Waals surface area contributed by atoms with Crippen LogP contribution in [0.3, 0.4) is 0 Å². The van der Waals surface area contributed by atoms with Crippen molar-refractivity contribution in [2.75, 3.05) is 12.4 Å². The van der Waals surface area contributed by atoms with Crippen LogP contribution in [0.25, 0.3) is 0 Å². The number of ether oxygens (including phenoxy) is 1. The molecule has 4 nitrogen and oxygen atoms in total. The fourth-order valence-electron chi connectivity index (χ4n) is 1.64. The van der Waals surface area contributed by atoms with E-state index in [0.717, 1.165) is 11.3 Å². The summed E-state index contributed by atoms with van der Waals surface area (Å²) in [6.45, 7) is -0.0274. The average Bonchev–Trinajstić information content (AvgIpc) is 2.48. The van der Waals surface area contributed by atoms with Gasteiger partial charge < -0.3 is 15.2 Å². The van der Waals surface area contributed by atoms with Gasteiger partial charge in [-0.25, -0.2) is 0 Å². The van der Waals surface area contributed by atoms with Crippen LogP contribution in [0.5, 0.6) is 5.75 Å². The summed E-state index contributed by atoms with van der Waals surface area (Å²) in [6.07, 6.45) is 0. The molecule has 2 aromatic carbocycles. The Hall–Kier alpha value is -2.33. The average molecular weight is 257 g/mol. The van der Waals surface area contributed by atoms with Crippen LogP contribution in [-0.4, -0.2) is 18.1 Å². The molecule has 0 heterocycles. The molecule has 0 radical (unpaired) electrons. The highest BCUT2D eigenvalue weighted by Gasteiger charge is 2.05. The zero-order valence-corrected chi connectivity index (χ0v) is 10.6. The Morgan fingerprint density at radius 2 is 1.74 bits per heavy atom. The molecule has 4 heteroatoms. The maximum atomic E-state index is 12.0. The van der Waals surface area contributed by atoms with Crippen LogP contribution in [0.4, 0.5) is 5.69 Å². The molecule has 2 aromatic rings. The molecule has 1 amide bonds. The van der Waals surface area contributed by atoms with Crippen molar-refractivity contribution >= 4 is 11.6 Å². The summed E-state index contributed by atoms with van der Waals surface area (Å²) in [4.78, 5) is 12.0. The molecule has 0 saturated carbocycles. The largest absolute Gasteiger partial charge is 0.497 e. The molecule has 0 spiro atoms. The Balaban J connectivity index is 2.06. The van der Waals surface area contributed by atoms with Crippen LogP contribution in [0.15, 0.2) is 48.5 Å². The van der Waals surface area contributed by atoms with Crippen molar-refractivity contribution in [1.82, 2.24) is 0 Å². The highest BCUT2D eigenvalue weighted by Crippen LogP contribution is 2.16. The van der Waals surface area contributed by atoms with Crippen LogP contribution < -0.4 is 10.1 Å². The number of hydrogen-bond acceptors (Lipinski definition) is 3. The number of methoxy groups -OCH3 is 1. The van der Waals surface area contributed by atoms with E-state index >= 15 is 0 Å². The number of aliphatic hydroxyl groups excluding tert-OH is 1. The third-order valence-corrected chi connectivity index (χ3v) is 2.75. The fourth-order valence-corrected chi connectivity index (χ4v) is 1.64. The van der Waals surface area contributed by atoms with Crippen molar-refractivity contribution in [1.29, 1.82) is 0 Å². The summed E-state index contributed by atoms with van der Waals surface area (Å²) in [6, 6.07) is 13.9. The van der Waals surface area contributed by atoms with E-state index < -0.39 is 0 Å². The molecule has 0 unspecified atom stereocenters. The van der Waals surface area contributed by atoms with Crippen molar-refractivity contribution in [3.63, 3.8) is 0 Å². The van der Waals surface area contributed by atoms with Gasteiger partial charge in [0.25, 0.3) is 5.91 Å². The minimum atomic E-state index is -0.186. The van der Waals surface area contributed by atoms with E-state index in [-0.39, 0.29) is 12.5 Å². The minimum absolute atomic E-state index is 0.0274. The molecule has 0 saturated heterocycles. The summed E-state index contributed by atoms with van der Waals surface area (Å²) in [7, 11) is 1.59. The fraction of sp³-hybridized carbons (Fsp3) is 0.133. The van der Waals surface area contributed by atoms with Crippen molar-refractivity contribution in [2.24, 2.45) is 0 Å². The van der Waals surface area contributed by atoms with Crippen molar-refractivity contribution in [2.45, 2.75) is 6.61 Å². The maximum absolute atomic E-state index is 12.0. The Bertz CT molecular complexity index is 547. The number of carbonyl (C=O) groups excluding carboxylic acids is 1. The highest BCUT2D eigenvalue weighted by molar-refractivity contribution is 6.04. The van der Waals surface area contributed by atoms with Crippen molar-refractivity contribution in [3.05, 3.63) is 59.7 Å². The molecule has 2 N–H and O–H groups in total. The third kappa shape index (κ3) is 3.33. The van der Waals surface area contributed by atoms with Crippen LogP contribution in [0.1, 0.15) is 15.9 Å². The molecule has 0 aliphatic carbocycles. The SMILES string of the molecule is COc1ccc(NC(=O)c2ccc(CO)cc2)cc1. The van der Waals surface area contributed by atoms with E-state index in [1.807, 2.05) is 0 Å². The van der Waals surface area contributed by atoms with Crippen LogP contribution in [0, 0.1) is 0 Å². The number of rotatable bonds is 4. The number of carbonyl (C=O) groups is 1. The molecule has 0 aliphatic rings. The Morgan fingerprint density at radius 1 is 1.11 bits per heavy atom. The summed E-state index contributed by atoms with van der Waals surface area (Å²) in [5, 5.41) is 11.7. The quantitative estimate of drug-likeness (QED) is 0.884. The molecule has 0 aromatic heterocycles. The normalized spacial score (nSPS) is 10.0. The van der Waals surface area contributed by atoms with Gasteiger partial charge in [0.1, 0.15) is 5.75 Å². The molecular formula is C15H15NO3. The molecular weight excluding hydrogens is 242 g/mol. The van der Waals surface area contributed by atoms with Gasteiger partial charge in [-0.1, -0.05) is 12.1 Å². The smallest absolute Gasteiger partial charge is 0.255 e. The first kappa shape index (κ1) is 13.1. The maximum Gasteiger partial charge on any atom is 0.255 e. The minimum Gasteiger partial charge on any atom is -0.497 e. The zero-order chi connectivity index (χ0) is 13.7. The van der Waals surface area contributed by atoms with Crippen LogP contribution in [0.2, 0.25) is 0 Å². The summed E-state index contributed by atoms with van der Waals surface area (Å²) < 4.78 is 5.05. The van der Waals surface area contributed by atoms with Gasteiger partial charge >= 0.3 is 0 Å². The number of benzene rings is 2. The first-order valence-corrected chi connectivity index (χ1v) is 5.88. The number of amides is 1. The third-order valence-electron chi connectivity index (χ3n) is 2.75. The second kappa shape index (κ2) is 6.02. The Kier molecular flexibility index (Phi) is 4.15. The molecule has 0 aliphatic heterocycles. The first-order valence-electron chi connectivity index (χ1n) is 5.88. The van der Waals surface area contributed by atoms with Crippen molar-refractivity contribution in [3.8, 4) is 5.75 Å². The Morgan fingerprint density at radius 3 is 2.26 bits per heavy atom. The standard InChI is InChI=1S/C15H15NO3/c1-19-14-8-6-13(7-9-14)16-15(18)12-4-2-11(10-17)3-5-12/h2-9,17H,10H2,1H3,(H,16,18). The number of aliphatic hydroxyl groups is 1. The van der Waals surface area contributed by atoms with Crippen LogP contribution >= 0.6 is 0 Å². The Labute approximate surface area is 111 Å². The summed E-state index contributed by atoms with van der Waals surface area (Å²) >= 11 is 0. The lowest BCUT2D eigenvalue weighted by atomic mass is 10.1. The molecule has 19 heavy (non-hydrogen) atoms. The van der Waals surface area contributed by atoms with E-state index in [1.54, 1.807) is 55.6 Å². The molecule has 0 bridgehead atoms. The second-order valence-corrected chi connectivity index (χ2v) is 4.04. The van der Waals surface area contributed by atoms with Gasteiger partial charge in [0.2, 0.25) is 0 Å². The van der Waals surface area contributed by atoms with E-state index in [1.165, 1.54) is 0 Å². The van der Waals surface area contributed by atoms with Gasteiger partial charge in [-0.05, 0) is 42.0 Å². The number of nitrogens with one attached hydrogen (secondary N) is 1. The van der Waals surface area contributed by atoms with Crippen LogP contribution in [-0.2, 0) is 6.61 Å². The van der Waals surface area contributed by atoms with E-state index in [9.17, 15) is 4.79 Å². The second-order valence-electron chi connectivity index (χ2n) is 4.04. The number of hydrogen-bond donors (Lipinski definition) is 2. The van der Waals surface area contributed by atoms with Gasteiger partial charge in [-0.2, -0.15) is 0 Å². The lowest BCUT2D eigenvalue weighted by Crippen LogP contribution is -2.11. The topological polar surface area (TPSA) is 58.6 Å². The van der Waals surface area contributed by atoms with E-state index in [4.69, 9.17) is 9.84 Å². The van der Waals surface area contributed by atoms with Gasteiger partial charge in [-0.3, -0.25) is 4.79 Å². The first-order chi connectivity index (χ1) is 9.22. The highest BCUT2D eigenvalue weighted by atomic mass is 16.5. The summed E-state index contributed by atoms with van der Waals surface area (Å²) in [5.74, 6) is 0.556. The van der Waals surface area contributed by atoms with E-state index in [0.29, 0.717) is 11.3 Å². The number of anilines is 1. The molecule has 0 atom stereocenters. The molecule has 98 valence electrons. The predicted octanol–water partition coefficient (Wildman–Crippen LogP) is 2.44. The van der Waals surface area contributed by atoms with Gasteiger partial charge in [-0.15, -0.1) is 0 Å². The van der Waals surface area contributed by atoms with Gasteiger partial charge in [0, 0.05) is 11.3 Å². The lowest BCUT2D eigenvalue weighted by molar-refractivity contribution is 0.102. The zero-order valence-electron chi connectivity index (χ0n) is 10.6. The predicted molar refractivity (Wildman–Crippen MR) is 73.3 cm³/mol. The lowest BCUT2D eigenvalue weighted by Gasteiger charge is -2.06.